The molecule has 26 heavy (non-hydrogen) atoms. The van der Waals surface area contributed by atoms with Crippen molar-refractivity contribution in [1.82, 2.24) is 24.7 Å². The summed E-state index contributed by atoms with van der Waals surface area (Å²) in [5, 5.41) is 24.3. The Bertz CT molecular complexity index is 1030. The van der Waals surface area contributed by atoms with E-state index in [1.807, 2.05) is 23.1 Å². The number of fused-ring (bicyclic) bond motifs is 1. The molecule has 1 aliphatic rings. The first kappa shape index (κ1) is 16.2. The fourth-order valence-corrected chi connectivity index (χ4v) is 4.02. The summed E-state index contributed by atoms with van der Waals surface area (Å²) < 4.78 is 7.02. The third-order valence-corrected chi connectivity index (χ3v) is 5.10. The van der Waals surface area contributed by atoms with Crippen LogP contribution in [0.1, 0.15) is 19.3 Å². The van der Waals surface area contributed by atoms with E-state index < -0.39 is 11.0 Å². The van der Waals surface area contributed by atoms with Crippen LogP contribution in [0.25, 0.3) is 22.3 Å². The Morgan fingerprint density at radius 2 is 2.19 bits per heavy atom. The number of ether oxygens (including phenoxy) is 1. The molecule has 130 valence electrons. The van der Waals surface area contributed by atoms with Crippen LogP contribution in [0.4, 0.5) is 0 Å². The maximum absolute atomic E-state index is 9.53. The Hall–Kier alpha value is -3.23. The van der Waals surface area contributed by atoms with Gasteiger partial charge in [-0.05, 0) is 18.9 Å². The Morgan fingerprint density at radius 1 is 1.35 bits per heavy atom. The number of nitrogens with one attached hydrogen (secondary N) is 1. The number of hydrogen-bond acceptors (Lipinski definition) is 6. The van der Waals surface area contributed by atoms with Crippen LogP contribution in [-0.2, 0) is 10.3 Å². The van der Waals surface area contributed by atoms with Gasteiger partial charge in [0, 0.05) is 30.5 Å². The molecule has 0 atom stereocenters. The number of nitrogens with zero attached hydrogens (tertiary/aromatic N) is 6. The number of hydrogen-bond donors (Lipinski definition) is 1. The maximum Gasteiger partial charge on any atom is 0.141 e. The van der Waals surface area contributed by atoms with Gasteiger partial charge in [0.1, 0.15) is 12.0 Å². The number of methoxy groups -OCH3 is 1. The number of rotatable bonds is 5. The second-order valence-corrected chi connectivity index (χ2v) is 6.87. The van der Waals surface area contributed by atoms with Crippen LogP contribution in [0.5, 0.6) is 0 Å². The van der Waals surface area contributed by atoms with E-state index in [9.17, 15) is 10.5 Å². The fraction of sp³-hybridized carbons (Fsp3) is 0.389. The topological polar surface area (TPSA) is 116 Å². The first-order chi connectivity index (χ1) is 12.7. The average molecular weight is 347 g/mol. The van der Waals surface area contributed by atoms with Crippen molar-refractivity contribution in [2.24, 2.45) is 5.41 Å². The molecule has 0 spiro atoms. The molecule has 1 aliphatic carbocycles. The molecular weight excluding hydrogens is 330 g/mol. The highest BCUT2D eigenvalue weighted by Crippen LogP contribution is 2.54. The molecule has 1 saturated carbocycles. The SMILES string of the molecule is COC[C@]1(C#N)C[C@](CC#N)(n2cc(-c3ncnc4[nH]ccc34)cn2)C1. The van der Waals surface area contributed by atoms with Crippen LogP contribution in [0.15, 0.2) is 31.0 Å². The van der Waals surface area contributed by atoms with Crippen molar-refractivity contribution in [3.63, 3.8) is 0 Å². The van der Waals surface area contributed by atoms with E-state index in [4.69, 9.17) is 4.74 Å². The predicted molar refractivity (Wildman–Crippen MR) is 92.5 cm³/mol. The van der Waals surface area contributed by atoms with Gasteiger partial charge in [-0.1, -0.05) is 0 Å². The van der Waals surface area contributed by atoms with Gasteiger partial charge >= 0.3 is 0 Å². The van der Waals surface area contributed by atoms with Crippen molar-refractivity contribution in [3.05, 3.63) is 31.0 Å². The van der Waals surface area contributed by atoms with Gasteiger partial charge in [0.25, 0.3) is 0 Å². The summed E-state index contributed by atoms with van der Waals surface area (Å²) >= 11 is 0. The maximum atomic E-state index is 9.53. The van der Waals surface area contributed by atoms with Crippen LogP contribution in [0, 0.1) is 28.1 Å². The number of nitriles is 2. The van der Waals surface area contributed by atoms with Gasteiger partial charge in [0.05, 0.1) is 48.0 Å². The van der Waals surface area contributed by atoms with Crippen molar-refractivity contribution in [2.45, 2.75) is 24.8 Å². The van der Waals surface area contributed by atoms with E-state index in [1.54, 1.807) is 13.3 Å². The summed E-state index contributed by atoms with van der Waals surface area (Å²) in [6.45, 7) is 0.362. The lowest BCUT2D eigenvalue weighted by Gasteiger charge is -2.51. The number of H-pyrrole nitrogens is 1. The van der Waals surface area contributed by atoms with E-state index in [0.717, 1.165) is 22.3 Å². The van der Waals surface area contributed by atoms with E-state index in [1.165, 1.54) is 6.33 Å². The Labute approximate surface area is 150 Å². The minimum absolute atomic E-state index is 0.296. The van der Waals surface area contributed by atoms with E-state index in [-0.39, 0.29) is 0 Å². The zero-order valence-electron chi connectivity index (χ0n) is 14.3. The normalized spacial score (nSPS) is 24.7. The molecule has 0 amide bonds. The van der Waals surface area contributed by atoms with Crippen molar-refractivity contribution in [3.8, 4) is 23.4 Å². The fourth-order valence-electron chi connectivity index (χ4n) is 4.02. The molecule has 0 aromatic carbocycles. The average Bonchev–Trinajstić information content (AvgIpc) is 3.28. The largest absolute Gasteiger partial charge is 0.383 e. The molecule has 1 N–H and O–H groups in total. The van der Waals surface area contributed by atoms with E-state index >= 15 is 0 Å². The molecule has 0 bridgehead atoms. The summed E-state index contributed by atoms with van der Waals surface area (Å²) in [4.78, 5) is 11.7. The smallest absolute Gasteiger partial charge is 0.141 e. The third kappa shape index (κ3) is 2.35. The molecule has 3 heterocycles. The molecule has 0 unspecified atom stereocenters. The lowest BCUT2D eigenvalue weighted by Crippen LogP contribution is -2.54. The van der Waals surface area contributed by atoms with E-state index in [2.05, 4.69) is 32.2 Å². The van der Waals surface area contributed by atoms with Gasteiger partial charge in [0.15, 0.2) is 0 Å². The summed E-state index contributed by atoms with van der Waals surface area (Å²) in [5.74, 6) is 0. The molecule has 0 radical (unpaired) electrons. The van der Waals surface area contributed by atoms with Crippen molar-refractivity contribution in [2.75, 3.05) is 13.7 Å². The summed E-state index contributed by atoms with van der Waals surface area (Å²) in [5.41, 5.74) is 1.38. The molecule has 3 aromatic rings. The molecule has 8 nitrogen and oxygen atoms in total. The van der Waals surface area contributed by atoms with Gasteiger partial charge in [0.2, 0.25) is 0 Å². The highest BCUT2D eigenvalue weighted by Gasteiger charge is 2.57. The highest BCUT2D eigenvalue weighted by atomic mass is 16.5. The summed E-state index contributed by atoms with van der Waals surface area (Å²) in [7, 11) is 1.59. The van der Waals surface area contributed by atoms with E-state index in [0.29, 0.717) is 25.9 Å². The first-order valence-electron chi connectivity index (χ1n) is 8.26. The molecule has 4 rings (SSSR count). The monoisotopic (exact) mass is 347 g/mol. The van der Waals surface area contributed by atoms with Crippen LogP contribution in [0.2, 0.25) is 0 Å². The zero-order valence-corrected chi connectivity index (χ0v) is 14.3. The quantitative estimate of drug-likeness (QED) is 0.757. The predicted octanol–water partition coefficient (Wildman–Crippen LogP) is 2.38. The van der Waals surface area contributed by atoms with Crippen LogP contribution >= 0.6 is 0 Å². The lowest BCUT2D eigenvalue weighted by molar-refractivity contribution is -0.0423. The van der Waals surface area contributed by atoms with Crippen molar-refractivity contribution in [1.29, 1.82) is 10.5 Å². The molecule has 0 saturated heterocycles. The number of aromatic amines is 1. The standard InChI is InChI=1S/C18H17N7O/c1-26-11-17(10-20)8-18(9-17,3-4-19)25-7-13(6-24-25)15-14-2-5-21-16(14)23-12-22-15/h2,5-7,12H,3,8-9,11H2,1H3,(H,21,22,23)/t17-,18+. The second-order valence-electron chi connectivity index (χ2n) is 6.87. The molecule has 3 aromatic heterocycles. The Balaban J connectivity index is 1.70. The lowest BCUT2D eigenvalue weighted by atomic mass is 9.57. The van der Waals surface area contributed by atoms with Gasteiger partial charge in [-0.2, -0.15) is 15.6 Å². The van der Waals surface area contributed by atoms with Crippen molar-refractivity contribution < 1.29 is 4.74 Å². The molecule has 0 aliphatic heterocycles. The van der Waals surface area contributed by atoms with Gasteiger partial charge in [-0.15, -0.1) is 0 Å². The van der Waals surface area contributed by atoms with Gasteiger partial charge < -0.3 is 9.72 Å². The highest BCUT2D eigenvalue weighted by molar-refractivity contribution is 5.89. The van der Waals surface area contributed by atoms with Crippen molar-refractivity contribution >= 4 is 11.0 Å². The summed E-state index contributed by atoms with van der Waals surface area (Å²) in [6.07, 6.45) is 8.37. The summed E-state index contributed by atoms with van der Waals surface area (Å²) in [6, 6.07) is 6.53. The van der Waals surface area contributed by atoms with Crippen LogP contribution < -0.4 is 0 Å². The zero-order chi connectivity index (χ0) is 18.2. The van der Waals surface area contributed by atoms with Crippen LogP contribution in [0.3, 0.4) is 0 Å². The third-order valence-electron chi connectivity index (χ3n) is 5.10. The van der Waals surface area contributed by atoms with Gasteiger partial charge in [-0.25, -0.2) is 9.97 Å². The molecule has 8 heteroatoms. The minimum Gasteiger partial charge on any atom is -0.383 e. The number of aromatic nitrogens is 5. The Kier molecular flexibility index (Phi) is 3.71. The van der Waals surface area contributed by atoms with Gasteiger partial charge in [-0.3, -0.25) is 4.68 Å². The van der Waals surface area contributed by atoms with Crippen LogP contribution in [-0.4, -0.2) is 38.4 Å². The molecule has 1 fully saturated rings. The second kappa shape index (κ2) is 5.94. The molecular formula is C18H17N7O. The first-order valence-corrected chi connectivity index (χ1v) is 8.26. The Morgan fingerprint density at radius 3 is 2.92 bits per heavy atom. The minimum atomic E-state index is -0.555.